The van der Waals surface area contributed by atoms with Crippen LogP contribution in [0.15, 0.2) is 61.2 Å². The van der Waals surface area contributed by atoms with Gasteiger partial charge in [0.25, 0.3) is 0 Å². The Hall–Kier alpha value is -2.98. The fourth-order valence-electron chi connectivity index (χ4n) is 4.52. The molecule has 2 unspecified atom stereocenters. The van der Waals surface area contributed by atoms with Gasteiger partial charge in [-0.2, -0.15) is 0 Å². The summed E-state index contributed by atoms with van der Waals surface area (Å²) in [6, 6.07) is 13.3. The molecule has 11 heteroatoms. The van der Waals surface area contributed by atoms with E-state index in [2.05, 4.69) is 9.88 Å². The van der Waals surface area contributed by atoms with Crippen LogP contribution in [-0.2, 0) is 21.8 Å². The number of halogens is 2. The van der Waals surface area contributed by atoms with E-state index in [1.54, 1.807) is 24.7 Å². The Balaban J connectivity index is 1.22. The van der Waals surface area contributed by atoms with Crippen molar-refractivity contribution in [2.75, 3.05) is 44.3 Å². The third-order valence-corrected chi connectivity index (χ3v) is 6.96. The molecule has 3 heterocycles. The summed E-state index contributed by atoms with van der Waals surface area (Å²) in [7, 11) is 0. The molecule has 9 nitrogen and oxygen atoms in total. The maximum Gasteiger partial charge on any atom is 0.215 e. The summed E-state index contributed by atoms with van der Waals surface area (Å²) in [4.78, 5) is 8.28. The van der Waals surface area contributed by atoms with Crippen LogP contribution in [0.2, 0.25) is 10.0 Å². The highest BCUT2D eigenvalue weighted by Crippen LogP contribution is 2.40. The Morgan fingerprint density at radius 1 is 1.14 bits per heavy atom. The number of benzene rings is 2. The van der Waals surface area contributed by atoms with E-state index in [1.165, 1.54) is 0 Å². The van der Waals surface area contributed by atoms with E-state index in [0.717, 1.165) is 37.6 Å². The molecule has 0 spiro atoms. The monoisotopic (exact) mass is 530 g/mol. The smallest absolute Gasteiger partial charge is 0.215 e. The molecular formula is C25H28Cl2N6O3. The van der Waals surface area contributed by atoms with Gasteiger partial charge in [0.2, 0.25) is 5.79 Å². The Morgan fingerprint density at radius 2 is 1.92 bits per heavy atom. The number of anilines is 1. The normalized spacial score (nSPS) is 22.1. The average Bonchev–Trinajstić information content (AvgIpc) is 3.54. The molecule has 36 heavy (non-hydrogen) atoms. The lowest BCUT2D eigenvalue weighted by atomic mass is 10.1. The van der Waals surface area contributed by atoms with Crippen LogP contribution in [0.4, 0.5) is 5.69 Å². The largest absolute Gasteiger partial charge is 0.491 e. The van der Waals surface area contributed by atoms with Crippen LogP contribution in [0.25, 0.3) is 0 Å². The summed E-state index contributed by atoms with van der Waals surface area (Å²) in [5, 5.41) is 8.60. The van der Waals surface area contributed by atoms with Crippen LogP contribution < -0.4 is 15.4 Å². The minimum atomic E-state index is -1.08. The fourth-order valence-corrected chi connectivity index (χ4v) is 5.08. The van der Waals surface area contributed by atoms with E-state index >= 15 is 0 Å². The highest BCUT2D eigenvalue weighted by Gasteiger charge is 2.45. The first-order valence-electron chi connectivity index (χ1n) is 11.7. The molecule has 0 radical (unpaired) electrons. The van der Waals surface area contributed by atoms with Crippen molar-refractivity contribution in [3.05, 3.63) is 76.8 Å². The fraction of sp³-hybridized carbons (Fsp3) is 0.360. The van der Waals surface area contributed by atoms with Gasteiger partial charge in [-0.05, 0) is 36.4 Å². The van der Waals surface area contributed by atoms with E-state index in [1.807, 2.05) is 46.0 Å². The van der Waals surface area contributed by atoms with Crippen LogP contribution >= 0.6 is 23.2 Å². The topological polar surface area (TPSA) is 102 Å². The van der Waals surface area contributed by atoms with Gasteiger partial charge in [0.05, 0.1) is 24.5 Å². The summed E-state index contributed by atoms with van der Waals surface area (Å²) in [5.74, 6) is -0.201. The molecule has 2 atom stereocenters. The number of hydrogen-bond acceptors (Lipinski definition) is 6. The zero-order valence-electron chi connectivity index (χ0n) is 19.6. The number of rotatable bonds is 7. The van der Waals surface area contributed by atoms with Crippen molar-refractivity contribution in [2.45, 2.75) is 18.4 Å². The Kier molecular flexibility index (Phi) is 7.25. The summed E-state index contributed by atoms with van der Waals surface area (Å²) in [6.45, 7) is 4.19. The van der Waals surface area contributed by atoms with Crippen LogP contribution in [0.1, 0.15) is 5.56 Å². The second-order valence-electron chi connectivity index (χ2n) is 8.83. The minimum absolute atomic E-state index is 0.129. The first kappa shape index (κ1) is 24.7. The average molecular weight is 531 g/mol. The van der Waals surface area contributed by atoms with Crippen molar-refractivity contribution in [3.8, 4) is 5.75 Å². The minimum Gasteiger partial charge on any atom is -0.491 e. The van der Waals surface area contributed by atoms with Gasteiger partial charge in [0, 0.05) is 54.8 Å². The molecule has 1 aromatic heterocycles. The standard InChI is InChI=1S/C25H28Cl2N6O3/c26-18-1-6-22(23(27)13-18)25(16-31-8-7-30-17-31)35-15-21(36-25)14-34-20-4-2-19(3-5-20)32-9-11-33(12-10-32)24(28)29/h1-8,13,17,21H,9-12,14-16H2,(H3,28,29). The van der Waals surface area contributed by atoms with Crippen LogP contribution in [0.3, 0.4) is 0 Å². The molecule has 0 amide bonds. The lowest BCUT2D eigenvalue weighted by Crippen LogP contribution is -2.50. The van der Waals surface area contributed by atoms with Gasteiger partial charge in [0.1, 0.15) is 18.5 Å². The zero-order chi connectivity index (χ0) is 25.1. The molecule has 2 saturated heterocycles. The van der Waals surface area contributed by atoms with Crippen LogP contribution in [0, 0.1) is 5.41 Å². The van der Waals surface area contributed by atoms with Gasteiger partial charge in [-0.3, -0.25) is 5.41 Å². The number of aromatic nitrogens is 2. The lowest BCUT2D eigenvalue weighted by molar-refractivity contribution is -0.189. The van der Waals surface area contributed by atoms with Crippen molar-refractivity contribution < 1.29 is 14.2 Å². The lowest BCUT2D eigenvalue weighted by Gasteiger charge is -2.36. The molecule has 3 N–H and O–H groups in total. The Morgan fingerprint density at radius 3 is 2.58 bits per heavy atom. The first-order chi connectivity index (χ1) is 17.4. The quantitative estimate of drug-likeness (QED) is 0.355. The molecule has 2 aromatic carbocycles. The number of guanidine groups is 1. The van der Waals surface area contributed by atoms with Crippen molar-refractivity contribution in [1.29, 1.82) is 5.41 Å². The molecule has 2 fully saturated rings. The van der Waals surface area contributed by atoms with E-state index in [0.29, 0.717) is 35.4 Å². The zero-order valence-corrected chi connectivity index (χ0v) is 21.2. The number of ether oxygens (including phenoxy) is 3. The van der Waals surface area contributed by atoms with Gasteiger partial charge in [-0.15, -0.1) is 0 Å². The van der Waals surface area contributed by atoms with Gasteiger partial charge in [-0.1, -0.05) is 29.3 Å². The second-order valence-corrected chi connectivity index (χ2v) is 9.67. The maximum absolute atomic E-state index is 7.58. The van der Waals surface area contributed by atoms with Crippen molar-refractivity contribution in [3.63, 3.8) is 0 Å². The highest BCUT2D eigenvalue weighted by atomic mass is 35.5. The van der Waals surface area contributed by atoms with Gasteiger partial charge >= 0.3 is 0 Å². The summed E-state index contributed by atoms with van der Waals surface area (Å²) in [5.41, 5.74) is 7.41. The number of nitrogens with two attached hydrogens (primary N) is 1. The SMILES string of the molecule is N=C(N)N1CCN(c2ccc(OCC3COC(Cn4ccnc4)(c4ccc(Cl)cc4Cl)O3)cc2)CC1. The molecule has 0 bridgehead atoms. The van der Waals surface area contributed by atoms with Crippen LogP contribution in [0.5, 0.6) is 5.75 Å². The molecule has 2 aliphatic heterocycles. The number of nitrogens with zero attached hydrogens (tertiary/aromatic N) is 4. The summed E-state index contributed by atoms with van der Waals surface area (Å²) in [6.07, 6.45) is 4.98. The summed E-state index contributed by atoms with van der Waals surface area (Å²) >= 11 is 12.7. The molecule has 2 aliphatic rings. The van der Waals surface area contributed by atoms with Crippen molar-refractivity contribution >= 4 is 34.8 Å². The van der Waals surface area contributed by atoms with Crippen molar-refractivity contribution in [1.82, 2.24) is 14.5 Å². The predicted molar refractivity (Wildman–Crippen MR) is 139 cm³/mol. The van der Waals surface area contributed by atoms with E-state index in [-0.39, 0.29) is 12.1 Å². The van der Waals surface area contributed by atoms with E-state index < -0.39 is 5.79 Å². The predicted octanol–water partition coefficient (Wildman–Crippen LogP) is 3.55. The number of hydrogen-bond donors (Lipinski definition) is 2. The van der Waals surface area contributed by atoms with Gasteiger partial charge in [0.15, 0.2) is 5.96 Å². The highest BCUT2D eigenvalue weighted by molar-refractivity contribution is 6.35. The molecule has 190 valence electrons. The third-order valence-electron chi connectivity index (χ3n) is 6.41. The first-order valence-corrected chi connectivity index (χ1v) is 12.5. The van der Waals surface area contributed by atoms with Gasteiger partial charge < -0.3 is 34.3 Å². The van der Waals surface area contributed by atoms with E-state index in [9.17, 15) is 0 Å². The third kappa shape index (κ3) is 5.39. The molecular weight excluding hydrogens is 503 g/mol. The molecule has 3 aromatic rings. The van der Waals surface area contributed by atoms with Gasteiger partial charge in [-0.25, -0.2) is 4.98 Å². The van der Waals surface area contributed by atoms with Crippen molar-refractivity contribution in [2.24, 2.45) is 5.73 Å². The Labute approximate surface area is 219 Å². The Bertz CT molecular complexity index is 1190. The molecule has 5 rings (SSSR count). The second kappa shape index (κ2) is 10.6. The maximum atomic E-state index is 7.58. The number of nitrogens with one attached hydrogen (secondary N) is 1. The number of piperazine rings is 1. The molecule has 0 aliphatic carbocycles. The molecule has 0 saturated carbocycles. The van der Waals surface area contributed by atoms with Crippen LogP contribution in [-0.4, -0.2) is 65.9 Å². The number of imidazole rings is 1. The van der Waals surface area contributed by atoms with E-state index in [4.69, 9.17) is 48.6 Å². The summed E-state index contributed by atoms with van der Waals surface area (Å²) < 4.78 is 20.6.